The SMILES string of the molecule is C=C(c1ccccc1)P(Cc1ccccc1)Cc1ccccc1. The predicted molar refractivity (Wildman–Crippen MR) is 103 cm³/mol. The van der Waals surface area contributed by atoms with E-state index in [4.69, 9.17) is 0 Å². The molecule has 0 spiro atoms. The van der Waals surface area contributed by atoms with Gasteiger partial charge in [0.2, 0.25) is 0 Å². The van der Waals surface area contributed by atoms with Crippen molar-refractivity contribution < 1.29 is 0 Å². The van der Waals surface area contributed by atoms with Crippen molar-refractivity contribution in [1.29, 1.82) is 0 Å². The normalized spacial score (nSPS) is 10.7. The van der Waals surface area contributed by atoms with Crippen molar-refractivity contribution in [3.8, 4) is 0 Å². The minimum Gasteiger partial charge on any atom is -0.0907 e. The van der Waals surface area contributed by atoms with Crippen LogP contribution in [0.5, 0.6) is 0 Å². The Morgan fingerprint density at radius 3 is 1.43 bits per heavy atom. The summed E-state index contributed by atoms with van der Waals surface area (Å²) in [7, 11) is -0.345. The van der Waals surface area contributed by atoms with E-state index in [1.807, 2.05) is 0 Å². The zero-order valence-electron chi connectivity index (χ0n) is 13.2. The summed E-state index contributed by atoms with van der Waals surface area (Å²) in [5, 5.41) is 1.29. The second-order valence-corrected chi connectivity index (χ2v) is 7.89. The summed E-state index contributed by atoms with van der Waals surface area (Å²) in [6, 6.07) is 32.1. The highest BCUT2D eigenvalue weighted by molar-refractivity contribution is 7.66. The standard InChI is InChI=1S/C22H21P/c1-19(22-15-9-4-10-16-22)23(17-20-11-5-2-6-12-20)18-21-13-7-3-8-14-21/h2-16H,1,17-18H2. The highest BCUT2D eigenvalue weighted by atomic mass is 31.1. The number of rotatable bonds is 6. The van der Waals surface area contributed by atoms with E-state index < -0.39 is 0 Å². The summed E-state index contributed by atoms with van der Waals surface area (Å²) in [4.78, 5) is 0. The van der Waals surface area contributed by atoms with Gasteiger partial charge in [0.25, 0.3) is 0 Å². The van der Waals surface area contributed by atoms with Crippen LogP contribution < -0.4 is 0 Å². The van der Waals surface area contributed by atoms with E-state index in [9.17, 15) is 0 Å². The maximum Gasteiger partial charge on any atom is -0.00298 e. The average Bonchev–Trinajstić information content (AvgIpc) is 2.63. The lowest BCUT2D eigenvalue weighted by molar-refractivity contribution is 1.33. The van der Waals surface area contributed by atoms with Gasteiger partial charge in [-0.3, -0.25) is 0 Å². The Balaban J connectivity index is 1.85. The van der Waals surface area contributed by atoms with E-state index in [0.29, 0.717) is 0 Å². The van der Waals surface area contributed by atoms with Crippen molar-refractivity contribution >= 4 is 13.2 Å². The Morgan fingerprint density at radius 2 is 1.00 bits per heavy atom. The molecule has 0 unspecified atom stereocenters. The van der Waals surface area contributed by atoms with Gasteiger partial charge < -0.3 is 0 Å². The van der Waals surface area contributed by atoms with Crippen LogP contribution in [0.4, 0.5) is 0 Å². The molecule has 0 amide bonds. The number of hydrogen-bond acceptors (Lipinski definition) is 0. The lowest BCUT2D eigenvalue weighted by atomic mass is 10.2. The Hall–Kier alpha value is -2.17. The second-order valence-electron chi connectivity index (χ2n) is 5.64. The smallest absolute Gasteiger partial charge is 0.00298 e. The Bertz CT molecular complexity index is 691. The van der Waals surface area contributed by atoms with E-state index in [0.717, 1.165) is 12.3 Å². The molecule has 0 bridgehead atoms. The molecule has 0 aliphatic carbocycles. The summed E-state index contributed by atoms with van der Waals surface area (Å²) in [6.45, 7) is 4.45. The van der Waals surface area contributed by atoms with Crippen LogP contribution in [0.3, 0.4) is 0 Å². The summed E-state index contributed by atoms with van der Waals surface area (Å²) in [5.74, 6) is 0. The molecular formula is C22H21P. The van der Waals surface area contributed by atoms with Crippen LogP contribution in [0.25, 0.3) is 5.31 Å². The highest BCUT2D eigenvalue weighted by Crippen LogP contribution is 2.54. The molecule has 114 valence electrons. The first kappa shape index (κ1) is 15.7. The molecule has 0 atom stereocenters. The van der Waals surface area contributed by atoms with Crippen LogP contribution in [-0.2, 0) is 12.3 Å². The van der Waals surface area contributed by atoms with Crippen molar-refractivity contribution in [2.24, 2.45) is 0 Å². The van der Waals surface area contributed by atoms with Crippen LogP contribution >= 0.6 is 7.92 Å². The van der Waals surface area contributed by atoms with Gasteiger partial charge >= 0.3 is 0 Å². The third-order valence-corrected chi connectivity index (χ3v) is 6.44. The summed E-state index contributed by atoms with van der Waals surface area (Å²) >= 11 is 0. The van der Waals surface area contributed by atoms with Gasteiger partial charge in [0.05, 0.1) is 0 Å². The first-order valence-electron chi connectivity index (χ1n) is 7.90. The molecular weight excluding hydrogens is 295 g/mol. The molecule has 0 aliphatic rings. The zero-order valence-corrected chi connectivity index (χ0v) is 14.1. The molecule has 1 heteroatoms. The molecule has 0 nitrogen and oxygen atoms in total. The number of hydrogen-bond donors (Lipinski definition) is 0. The van der Waals surface area contributed by atoms with Crippen molar-refractivity contribution in [2.45, 2.75) is 12.3 Å². The highest BCUT2D eigenvalue weighted by Gasteiger charge is 2.15. The third-order valence-electron chi connectivity index (χ3n) is 3.92. The molecule has 0 saturated heterocycles. The molecule has 0 aliphatic heterocycles. The zero-order chi connectivity index (χ0) is 15.9. The van der Waals surface area contributed by atoms with Gasteiger partial charge in [-0.2, -0.15) is 0 Å². The maximum absolute atomic E-state index is 4.45. The lowest BCUT2D eigenvalue weighted by Crippen LogP contribution is -1.92. The molecule has 0 N–H and O–H groups in total. The van der Waals surface area contributed by atoms with Crippen molar-refractivity contribution in [3.05, 3.63) is 114 Å². The molecule has 0 saturated carbocycles. The molecule has 3 rings (SSSR count). The van der Waals surface area contributed by atoms with Gasteiger partial charge in [-0.25, -0.2) is 0 Å². The van der Waals surface area contributed by atoms with Crippen LogP contribution in [0.1, 0.15) is 16.7 Å². The Labute approximate surface area is 140 Å². The molecule has 0 aromatic heterocycles. The first-order valence-corrected chi connectivity index (χ1v) is 9.61. The first-order chi connectivity index (χ1) is 11.3. The second kappa shape index (κ2) is 7.90. The Kier molecular flexibility index (Phi) is 5.40. The molecule has 23 heavy (non-hydrogen) atoms. The molecule has 0 radical (unpaired) electrons. The van der Waals surface area contributed by atoms with Crippen molar-refractivity contribution in [3.63, 3.8) is 0 Å². The molecule has 0 fully saturated rings. The summed E-state index contributed by atoms with van der Waals surface area (Å²) in [6.07, 6.45) is 2.16. The minimum absolute atomic E-state index is 0.345. The van der Waals surface area contributed by atoms with Crippen LogP contribution in [-0.4, -0.2) is 0 Å². The van der Waals surface area contributed by atoms with E-state index >= 15 is 0 Å². The van der Waals surface area contributed by atoms with Gasteiger partial charge in [-0.15, -0.1) is 0 Å². The quantitative estimate of drug-likeness (QED) is 0.453. The molecule has 0 heterocycles. The monoisotopic (exact) mass is 316 g/mol. The third kappa shape index (κ3) is 4.41. The topological polar surface area (TPSA) is 0 Å². The Morgan fingerprint density at radius 1 is 0.609 bits per heavy atom. The van der Waals surface area contributed by atoms with Crippen molar-refractivity contribution in [2.75, 3.05) is 0 Å². The fourth-order valence-electron chi connectivity index (χ4n) is 2.67. The van der Waals surface area contributed by atoms with E-state index in [1.165, 1.54) is 22.0 Å². The average molecular weight is 316 g/mol. The van der Waals surface area contributed by atoms with Gasteiger partial charge in [0, 0.05) is 0 Å². The van der Waals surface area contributed by atoms with E-state index in [1.54, 1.807) is 0 Å². The minimum atomic E-state index is -0.345. The van der Waals surface area contributed by atoms with Crippen LogP contribution in [0, 0.1) is 0 Å². The largest absolute Gasteiger partial charge is 0.0907 e. The summed E-state index contributed by atoms with van der Waals surface area (Å²) < 4.78 is 0. The molecule has 3 aromatic rings. The van der Waals surface area contributed by atoms with Gasteiger partial charge in [0.1, 0.15) is 0 Å². The van der Waals surface area contributed by atoms with Crippen LogP contribution in [0.2, 0.25) is 0 Å². The van der Waals surface area contributed by atoms with Crippen LogP contribution in [0.15, 0.2) is 97.6 Å². The van der Waals surface area contributed by atoms with Crippen molar-refractivity contribution in [1.82, 2.24) is 0 Å². The number of benzene rings is 3. The maximum atomic E-state index is 4.45. The predicted octanol–water partition coefficient (Wildman–Crippen LogP) is 6.54. The van der Waals surface area contributed by atoms with E-state index in [2.05, 4.69) is 97.6 Å². The van der Waals surface area contributed by atoms with Gasteiger partial charge in [-0.1, -0.05) is 105 Å². The fraction of sp³-hybridized carbons (Fsp3) is 0.0909. The van der Waals surface area contributed by atoms with Gasteiger partial charge in [-0.05, 0) is 34.3 Å². The summed E-state index contributed by atoms with van der Waals surface area (Å²) in [5.41, 5.74) is 4.06. The lowest BCUT2D eigenvalue weighted by Gasteiger charge is -2.21. The van der Waals surface area contributed by atoms with Gasteiger partial charge in [0.15, 0.2) is 0 Å². The molecule has 3 aromatic carbocycles. The van der Waals surface area contributed by atoms with E-state index in [-0.39, 0.29) is 7.92 Å². The fourth-order valence-corrected chi connectivity index (χ4v) is 4.98.